The van der Waals surface area contributed by atoms with Gasteiger partial charge in [0, 0.05) is 7.05 Å². The molecule has 8 nitrogen and oxygen atoms in total. The summed E-state index contributed by atoms with van der Waals surface area (Å²) < 4.78 is 40.8. The molecule has 2 N–H and O–H groups in total. The van der Waals surface area contributed by atoms with Gasteiger partial charge in [0.15, 0.2) is 0 Å². The third kappa shape index (κ3) is 2.59. The van der Waals surface area contributed by atoms with Crippen LogP contribution in [0.2, 0.25) is 0 Å². The van der Waals surface area contributed by atoms with Crippen molar-refractivity contribution in [2.75, 3.05) is 4.72 Å². The zero-order chi connectivity index (χ0) is 14.9. The Kier molecular flexibility index (Phi) is 3.40. The Bertz CT molecular complexity index is 771. The quantitative estimate of drug-likeness (QED) is 0.847. The molecule has 2 rings (SSSR count). The van der Waals surface area contributed by atoms with Crippen molar-refractivity contribution in [3.63, 3.8) is 0 Å². The third-order valence-electron chi connectivity index (χ3n) is 2.40. The van der Waals surface area contributed by atoms with E-state index in [-0.39, 0.29) is 11.5 Å². The van der Waals surface area contributed by atoms with Gasteiger partial charge in [-0.15, -0.1) is 0 Å². The van der Waals surface area contributed by atoms with E-state index in [0.29, 0.717) is 0 Å². The normalized spacial score (nSPS) is 11.3. The van der Waals surface area contributed by atoms with E-state index in [1.165, 1.54) is 7.05 Å². The number of benzene rings is 1. The molecule has 1 heterocycles. The first-order valence-electron chi connectivity index (χ1n) is 5.21. The Labute approximate surface area is 112 Å². The van der Waals surface area contributed by atoms with E-state index >= 15 is 0 Å². The Balaban J connectivity index is 2.46. The average Bonchev–Trinajstić information content (AvgIpc) is 2.74. The number of nitrogens with zero attached hydrogens (tertiary/aromatic N) is 3. The number of rotatable bonds is 4. The third-order valence-corrected chi connectivity index (χ3v) is 3.75. The fourth-order valence-corrected chi connectivity index (χ4v) is 2.55. The maximum Gasteiger partial charge on any atom is 0.335 e. The summed E-state index contributed by atoms with van der Waals surface area (Å²) in [5.41, 5.74) is -0.343. The topological polar surface area (TPSA) is 114 Å². The maximum absolute atomic E-state index is 13.6. The van der Waals surface area contributed by atoms with Crippen LogP contribution in [0.4, 0.5) is 10.3 Å². The summed E-state index contributed by atoms with van der Waals surface area (Å²) in [6.07, 6.45) is 1.11. The number of sulfonamides is 1. The molecule has 0 radical (unpaired) electrons. The van der Waals surface area contributed by atoms with E-state index in [2.05, 4.69) is 10.1 Å². The van der Waals surface area contributed by atoms with E-state index in [9.17, 15) is 17.6 Å². The van der Waals surface area contributed by atoms with Gasteiger partial charge in [0.25, 0.3) is 10.0 Å². The molecule has 0 aliphatic carbocycles. The Hall–Kier alpha value is -2.49. The second-order valence-corrected chi connectivity index (χ2v) is 5.41. The van der Waals surface area contributed by atoms with Gasteiger partial charge in [0.05, 0.1) is 5.56 Å². The lowest BCUT2D eigenvalue weighted by Gasteiger charge is -2.08. The minimum absolute atomic E-state index is 0.120. The van der Waals surface area contributed by atoms with Crippen LogP contribution in [-0.2, 0) is 17.1 Å². The Morgan fingerprint density at radius 3 is 2.70 bits per heavy atom. The number of aromatic nitrogens is 3. The van der Waals surface area contributed by atoms with Gasteiger partial charge >= 0.3 is 5.97 Å². The van der Waals surface area contributed by atoms with Crippen molar-refractivity contribution in [3.8, 4) is 0 Å². The molecule has 0 aliphatic rings. The fourth-order valence-electron chi connectivity index (χ4n) is 1.41. The first-order valence-corrected chi connectivity index (χ1v) is 6.69. The van der Waals surface area contributed by atoms with Crippen molar-refractivity contribution in [2.24, 2.45) is 7.05 Å². The molecule has 0 spiro atoms. The van der Waals surface area contributed by atoms with Crippen molar-refractivity contribution >= 4 is 21.9 Å². The summed E-state index contributed by atoms with van der Waals surface area (Å²) in [5.74, 6) is -2.55. The minimum Gasteiger partial charge on any atom is -0.478 e. The second-order valence-electron chi connectivity index (χ2n) is 3.76. The molecular weight excluding hydrogens is 291 g/mol. The first kappa shape index (κ1) is 13.9. The van der Waals surface area contributed by atoms with Crippen LogP contribution in [0.15, 0.2) is 29.4 Å². The van der Waals surface area contributed by atoms with Gasteiger partial charge < -0.3 is 5.11 Å². The van der Waals surface area contributed by atoms with Gasteiger partial charge in [-0.1, -0.05) is 0 Å². The Morgan fingerprint density at radius 1 is 1.45 bits per heavy atom. The summed E-state index contributed by atoms with van der Waals surface area (Å²) in [4.78, 5) is 13.7. The molecule has 1 aromatic carbocycles. The fraction of sp³-hybridized carbons (Fsp3) is 0.100. The summed E-state index contributed by atoms with van der Waals surface area (Å²) in [7, 11) is -2.86. The zero-order valence-corrected chi connectivity index (χ0v) is 10.9. The molecular formula is C10H9FN4O4S. The van der Waals surface area contributed by atoms with E-state index < -0.39 is 26.7 Å². The minimum atomic E-state index is -4.30. The van der Waals surface area contributed by atoms with E-state index in [4.69, 9.17) is 5.11 Å². The van der Waals surface area contributed by atoms with Crippen molar-refractivity contribution in [2.45, 2.75) is 4.90 Å². The highest BCUT2D eigenvalue weighted by atomic mass is 32.2. The molecule has 0 atom stereocenters. The van der Waals surface area contributed by atoms with Gasteiger partial charge in [-0.05, 0) is 18.2 Å². The van der Waals surface area contributed by atoms with Crippen LogP contribution < -0.4 is 4.72 Å². The van der Waals surface area contributed by atoms with Crippen molar-refractivity contribution in [1.29, 1.82) is 0 Å². The lowest BCUT2D eigenvalue weighted by atomic mass is 10.2. The number of carboxylic acid groups (broad SMARTS) is 1. The number of carbonyl (C=O) groups is 1. The zero-order valence-electron chi connectivity index (χ0n) is 10.1. The van der Waals surface area contributed by atoms with Gasteiger partial charge in [-0.25, -0.2) is 27.0 Å². The number of nitrogens with one attached hydrogen (secondary N) is 1. The van der Waals surface area contributed by atoms with E-state index in [0.717, 1.165) is 29.2 Å². The van der Waals surface area contributed by atoms with Gasteiger partial charge in [0.1, 0.15) is 17.0 Å². The molecule has 0 aliphatic heterocycles. The first-order chi connectivity index (χ1) is 9.31. The standard InChI is InChI=1S/C10H9FN4O4S/c1-15-10(12-5-13-15)14-20(18,19)8-4-6(9(16)17)2-3-7(8)11/h2-5H,1H3,(H,16,17)(H,12,13,14). The van der Waals surface area contributed by atoms with Crippen molar-refractivity contribution in [3.05, 3.63) is 35.9 Å². The number of hydrogen-bond acceptors (Lipinski definition) is 5. The van der Waals surface area contributed by atoms with E-state index in [1.54, 1.807) is 0 Å². The molecule has 0 amide bonds. The Morgan fingerprint density at radius 2 is 2.15 bits per heavy atom. The molecule has 1 aromatic heterocycles. The highest BCUT2D eigenvalue weighted by Crippen LogP contribution is 2.19. The molecule has 10 heteroatoms. The van der Waals surface area contributed by atoms with Gasteiger partial charge in [0.2, 0.25) is 5.95 Å². The summed E-state index contributed by atoms with van der Waals surface area (Å²) in [5, 5.41) is 12.5. The monoisotopic (exact) mass is 300 g/mol. The highest BCUT2D eigenvalue weighted by Gasteiger charge is 2.22. The maximum atomic E-state index is 13.6. The number of aryl methyl sites for hydroxylation is 1. The summed E-state index contributed by atoms with van der Waals surface area (Å²) >= 11 is 0. The van der Waals surface area contributed by atoms with Crippen LogP contribution in [0, 0.1) is 5.82 Å². The van der Waals surface area contributed by atoms with Crippen LogP contribution >= 0.6 is 0 Å². The number of carboxylic acids is 1. The molecule has 20 heavy (non-hydrogen) atoms. The van der Waals surface area contributed by atoms with Gasteiger partial charge in [-0.3, -0.25) is 0 Å². The number of aromatic carboxylic acids is 1. The number of hydrogen-bond donors (Lipinski definition) is 2. The molecule has 0 unspecified atom stereocenters. The lowest BCUT2D eigenvalue weighted by molar-refractivity contribution is 0.0696. The molecule has 0 fully saturated rings. The van der Waals surface area contributed by atoms with E-state index in [1.807, 2.05) is 4.72 Å². The van der Waals surface area contributed by atoms with Crippen molar-refractivity contribution in [1.82, 2.24) is 14.8 Å². The SMILES string of the molecule is Cn1ncnc1NS(=O)(=O)c1cc(C(=O)O)ccc1F. The molecule has 0 bridgehead atoms. The smallest absolute Gasteiger partial charge is 0.335 e. The predicted octanol–water partition coefficient (Wildman–Crippen LogP) is 0.453. The molecule has 106 valence electrons. The van der Waals surface area contributed by atoms with Crippen molar-refractivity contribution < 1.29 is 22.7 Å². The van der Waals surface area contributed by atoms with Crippen LogP contribution in [0.25, 0.3) is 0 Å². The largest absolute Gasteiger partial charge is 0.478 e. The van der Waals surface area contributed by atoms with Crippen LogP contribution in [0.5, 0.6) is 0 Å². The van der Waals surface area contributed by atoms with Crippen LogP contribution in [0.3, 0.4) is 0 Å². The average molecular weight is 300 g/mol. The summed E-state index contributed by atoms with van der Waals surface area (Å²) in [6.45, 7) is 0. The predicted molar refractivity (Wildman–Crippen MR) is 65.2 cm³/mol. The molecule has 0 saturated heterocycles. The highest BCUT2D eigenvalue weighted by molar-refractivity contribution is 7.92. The molecule has 0 saturated carbocycles. The lowest BCUT2D eigenvalue weighted by Crippen LogP contribution is -2.18. The van der Waals surface area contributed by atoms with Crippen LogP contribution in [0.1, 0.15) is 10.4 Å². The number of anilines is 1. The van der Waals surface area contributed by atoms with Crippen LogP contribution in [-0.4, -0.2) is 34.3 Å². The van der Waals surface area contributed by atoms with Gasteiger partial charge in [-0.2, -0.15) is 10.1 Å². The second kappa shape index (κ2) is 4.89. The number of halogens is 1. The molecule has 2 aromatic rings. The summed E-state index contributed by atoms with van der Waals surface area (Å²) in [6, 6.07) is 2.48.